The van der Waals surface area contributed by atoms with Gasteiger partial charge in [-0.2, -0.15) is 0 Å². The summed E-state index contributed by atoms with van der Waals surface area (Å²) in [6.07, 6.45) is 1.61. The van der Waals surface area contributed by atoms with Crippen molar-refractivity contribution >= 4 is 36.6 Å². The fourth-order valence-corrected chi connectivity index (χ4v) is 3.40. The van der Waals surface area contributed by atoms with E-state index >= 15 is 0 Å². The molecule has 4 aromatic rings. The predicted molar refractivity (Wildman–Crippen MR) is 132 cm³/mol. The number of H-pyrrole nitrogens is 1. The molecule has 0 bridgehead atoms. The highest BCUT2D eigenvalue weighted by atomic mass is 32.4. The van der Waals surface area contributed by atoms with Crippen LogP contribution in [0.5, 0.6) is 0 Å². The normalized spacial score (nSPS) is 11.6. The molecule has 0 atom stereocenters. The van der Waals surface area contributed by atoms with Gasteiger partial charge in [-0.3, -0.25) is 14.8 Å². The second-order valence-electron chi connectivity index (χ2n) is 7.37. The Bertz CT molecular complexity index is 1610. The average Bonchev–Trinajstić information content (AvgIpc) is 2.81. The van der Waals surface area contributed by atoms with E-state index < -0.39 is 28.6 Å². The number of nitrogens with zero attached hydrogens (tertiary/aromatic N) is 3. The number of benzene rings is 1. The zero-order valence-corrected chi connectivity index (χ0v) is 20.0. The Labute approximate surface area is 202 Å². The molecule has 1 radical (unpaired) electrons. The molecule has 3 aromatic heterocycles. The van der Waals surface area contributed by atoms with Crippen LogP contribution in [0.25, 0.3) is 28.0 Å². The Hall–Kier alpha value is -3.30. The zero-order chi connectivity index (χ0) is 26.6. The molecule has 0 aliphatic carbocycles. The summed E-state index contributed by atoms with van der Waals surface area (Å²) in [5.41, 5.74) is -0.875. The van der Waals surface area contributed by atoms with Gasteiger partial charge in [0.1, 0.15) is 22.4 Å². The summed E-state index contributed by atoms with van der Waals surface area (Å²) < 4.78 is 54.0. The van der Waals surface area contributed by atoms with Crippen molar-refractivity contribution < 1.29 is 14.4 Å². The monoisotopic (exact) mass is 502 g/mol. The van der Waals surface area contributed by atoms with Crippen molar-refractivity contribution in [2.45, 2.75) is 26.7 Å². The molecule has 0 fully saturated rings. The highest BCUT2D eigenvalue weighted by Gasteiger charge is 2.21. The maximum Gasteiger partial charge on any atom is 0.334 e. The van der Waals surface area contributed by atoms with Crippen LogP contribution < -0.4 is 11.2 Å². The average molecular weight is 502 g/mol. The maximum atomic E-state index is 14.9. The molecule has 3 heterocycles. The van der Waals surface area contributed by atoms with Crippen molar-refractivity contribution in [1.29, 1.82) is 1.34 Å². The van der Waals surface area contributed by atoms with Gasteiger partial charge in [0.25, 0.3) is 5.56 Å². The Morgan fingerprint density at radius 1 is 1.29 bits per heavy atom. The summed E-state index contributed by atoms with van der Waals surface area (Å²) in [4.78, 5) is 36.0. The Morgan fingerprint density at radius 3 is 2.68 bits per heavy atom. The van der Waals surface area contributed by atoms with E-state index in [2.05, 4.69) is 15.0 Å². The number of rotatable bonds is 4. The number of hydrogen-bond donors (Lipinski definition) is 1. The molecule has 0 aliphatic rings. The molecule has 0 saturated carbocycles. The highest BCUT2D eigenvalue weighted by Crippen LogP contribution is 2.28. The van der Waals surface area contributed by atoms with Crippen molar-refractivity contribution in [1.82, 2.24) is 19.5 Å². The summed E-state index contributed by atoms with van der Waals surface area (Å²) in [6, 6.07) is 6.05. The molecule has 0 aliphatic heterocycles. The van der Waals surface area contributed by atoms with Crippen molar-refractivity contribution in [3.63, 3.8) is 0 Å². The summed E-state index contributed by atoms with van der Waals surface area (Å²) in [6.45, 7) is 5.57. The van der Waals surface area contributed by atoms with Crippen molar-refractivity contribution in [3.8, 4) is 16.9 Å². The van der Waals surface area contributed by atoms with E-state index in [1.54, 1.807) is 19.2 Å². The lowest BCUT2D eigenvalue weighted by molar-refractivity contribution is 0.612. The maximum absolute atomic E-state index is 14.9. The lowest BCUT2D eigenvalue weighted by Gasteiger charge is -2.17. The largest absolute Gasteiger partial charge is 0.334 e. The summed E-state index contributed by atoms with van der Waals surface area (Å²) in [5.74, 6) is -1.89. The molecule has 34 heavy (non-hydrogen) atoms. The molecule has 1 N–H and O–H groups in total. The standard InChI is InChI=1S/C22H18F2N4O2.BHOPS/c1-11(2)17-19(12(3)8-9-25-17)28-20-14(21(29)27-22(28)30)10-16(24)18(26-20)13-6-4-5-7-15(13)23;1-3-4-2/h4-11H,1-3H3,(H,27,29,30);1H/i6T;1D. The van der Waals surface area contributed by atoms with Gasteiger partial charge in [0, 0.05) is 11.8 Å². The fourth-order valence-electron chi connectivity index (χ4n) is 3.40. The van der Waals surface area contributed by atoms with Crippen LogP contribution in [0.3, 0.4) is 0 Å². The van der Waals surface area contributed by atoms with Gasteiger partial charge in [-0.15, -0.1) is 0 Å². The van der Waals surface area contributed by atoms with E-state index in [1.807, 2.05) is 13.8 Å². The van der Waals surface area contributed by atoms with Gasteiger partial charge in [-0.25, -0.2) is 27.3 Å². The first-order valence-corrected chi connectivity index (χ1v) is 12.2. The van der Waals surface area contributed by atoms with Crippen LogP contribution >= 0.6 is 7.23 Å². The van der Waals surface area contributed by atoms with Crippen LogP contribution in [0.4, 0.5) is 8.78 Å². The minimum absolute atomic E-state index is 0.0740. The van der Waals surface area contributed by atoms with Gasteiger partial charge in [-0.1, -0.05) is 33.2 Å². The SMILES string of the molecule is [2H][B]P=S=O.[3H]c1cccc(F)c1-c1nc2c(cc1F)c(=O)[nH]c(=O)n2-c1c(C)ccnc1C(C)C. The van der Waals surface area contributed by atoms with Crippen LogP contribution in [0, 0.1) is 18.6 Å². The second-order valence-corrected chi connectivity index (χ2v) is 8.81. The molecule has 0 amide bonds. The van der Waals surface area contributed by atoms with E-state index in [4.69, 9.17) is 2.71 Å². The highest BCUT2D eigenvalue weighted by molar-refractivity contribution is 8.10. The number of fused-ring (bicyclic) bond motifs is 1. The molecule has 173 valence electrons. The van der Waals surface area contributed by atoms with Crippen LogP contribution in [0.15, 0.2) is 52.2 Å². The van der Waals surface area contributed by atoms with E-state index in [-0.39, 0.29) is 28.6 Å². The number of aryl methyl sites for hydroxylation is 1. The van der Waals surface area contributed by atoms with Crippen molar-refractivity contribution in [2.24, 2.45) is 0 Å². The van der Waals surface area contributed by atoms with Crippen LogP contribution in [0.2, 0.25) is 0 Å². The third-order valence-electron chi connectivity index (χ3n) is 4.85. The third kappa shape index (κ3) is 4.95. The zero-order valence-electron chi connectivity index (χ0n) is 20.3. The lowest BCUT2D eigenvalue weighted by Crippen LogP contribution is -2.31. The number of hydrogen-bond acceptors (Lipinski definition) is 5. The molecular weight excluding hydrogens is 480 g/mol. The molecule has 1 aromatic carbocycles. The van der Waals surface area contributed by atoms with Crippen molar-refractivity contribution in [2.75, 3.05) is 0 Å². The number of pyridine rings is 2. The smallest absolute Gasteiger partial charge is 0.273 e. The second kappa shape index (κ2) is 10.8. The summed E-state index contributed by atoms with van der Waals surface area (Å²) in [5, 5.41) is -0.179. The first kappa shape index (κ1) is 22.5. The van der Waals surface area contributed by atoms with E-state index in [9.17, 15) is 22.6 Å². The number of nitrogens with one attached hydrogen (secondary N) is 1. The van der Waals surface area contributed by atoms with Crippen LogP contribution in [0.1, 0.15) is 32.4 Å². The first-order chi connectivity index (χ1) is 17.1. The predicted octanol–water partition coefficient (Wildman–Crippen LogP) is 3.72. The Morgan fingerprint density at radius 2 is 2.06 bits per heavy atom. The third-order valence-corrected chi connectivity index (χ3v) is 5.19. The molecule has 0 saturated heterocycles. The molecule has 0 spiro atoms. The Balaban J connectivity index is 0.000000658. The van der Waals surface area contributed by atoms with Gasteiger partial charge in [-0.05, 0) is 44.0 Å². The quantitative estimate of drug-likeness (QED) is 0.339. The van der Waals surface area contributed by atoms with Gasteiger partial charge < -0.3 is 0 Å². The Kier molecular flexibility index (Phi) is 7.12. The van der Waals surface area contributed by atoms with E-state index in [1.165, 1.54) is 12.1 Å². The molecule has 0 unspecified atom stereocenters. The van der Waals surface area contributed by atoms with Crippen LogP contribution in [-0.2, 0) is 10.8 Å². The topological polar surface area (TPSA) is 97.7 Å². The first-order valence-electron chi connectivity index (χ1n) is 11.0. The fraction of sp³-hybridized carbons (Fsp3) is 0.182. The number of halogens is 2. The number of aromatic nitrogens is 4. The molecule has 4 rings (SSSR count). The number of aromatic amines is 1. The summed E-state index contributed by atoms with van der Waals surface area (Å²) >= 11 is 0. The minimum atomic E-state index is -0.978. The molecular formula is C22H19BF2N4O3PS. The van der Waals surface area contributed by atoms with Crippen molar-refractivity contribution in [3.05, 3.63) is 86.3 Å². The van der Waals surface area contributed by atoms with Gasteiger partial charge >= 0.3 is 5.69 Å². The van der Waals surface area contributed by atoms with E-state index in [0.29, 0.717) is 35.0 Å². The summed E-state index contributed by atoms with van der Waals surface area (Å²) in [7, 11) is 1.92. The molecule has 12 heteroatoms. The lowest BCUT2D eigenvalue weighted by atomic mass is 10.0. The van der Waals surface area contributed by atoms with Gasteiger partial charge in [0.15, 0.2) is 19.0 Å². The minimum Gasteiger partial charge on any atom is -0.273 e. The molecule has 7 nitrogen and oxygen atoms in total. The van der Waals surface area contributed by atoms with Crippen LogP contribution in [-0.4, -0.2) is 32.6 Å². The van der Waals surface area contributed by atoms with Gasteiger partial charge in [0.2, 0.25) is 0 Å². The van der Waals surface area contributed by atoms with Gasteiger partial charge in [0.05, 0.1) is 18.1 Å². The van der Waals surface area contributed by atoms with E-state index in [0.717, 1.165) is 24.2 Å².